The van der Waals surface area contributed by atoms with Gasteiger partial charge in [0, 0.05) is 0 Å². The van der Waals surface area contributed by atoms with Crippen molar-refractivity contribution in [1.82, 2.24) is 0 Å². The molecule has 0 radical (unpaired) electrons. The normalized spacial score (nSPS) is 10.9. The van der Waals surface area contributed by atoms with Gasteiger partial charge in [0.05, 0.1) is 6.61 Å². The summed E-state index contributed by atoms with van der Waals surface area (Å²) in [6.45, 7) is 4.29. The molecule has 4 heteroatoms. The predicted octanol–water partition coefficient (Wildman–Crippen LogP) is 2.51. The van der Waals surface area contributed by atoms with E-state index in [-0.39, 0.29) is 5.57 Å². The maximum atomic E-state index is 11.2. The summed E-state index contributed by atoms with van der Waals surface area (Å²) in [5.74, 6) is -0.712. The number of nitrogens with zero attached hydrogens (tertiary/aromatic N) is 1. The van der Waals surface area contributed by atoms with E-state index >= 15 is 0 Å². The number of unbranched alkanes of at least 4 members (excludes halogenated alkanes) is 2. The van der Waals surface area contributed by atoms with Crippen LogP contribution >= 0.6 is 0 Å². The fourth-order valence-corrected chi connectivity index (χ4v) is 0.930. The summed E-state index contributed by atoms with van der Waals surface area (Å²) in [4.78, 5) is 20.3. The third-order valence-corrected chi connectivity index (χ3v) is 1.71. The first-order valence-corrected chi connectivity index (χ1v) is 5.20. The molecule has 0 aliphatic rings. The van der Waals surface area contributed by atoms with E-state index in [0.717, 1.165) is 19.3 Å². The first kappa shape index (κ1) is 13.7. The topological polar surface area (TPSA) is 59.3 Å². The van der Waals surface area contributed by atoms with Gasteiger partial charge in [0.1, 0.15) is 11.6 Å². The Morgan fingerprint density at radius 1 is 1.40 bits per heavy atom. The molecule has 0 aromatic rings. The maximum absolute atomic E-state index is 11.2. The molecule has 0 saturated carbocycles. The molecule has 0 heterocycles. The van der Waals surface area contributed by atoms with Crippen LogP contribution in [0.1, 0.15) is 39.5 Å². The van der Waals surface area contributed by atoms with Gasteiger partial charge in [0.15, 0.2) is 0 Å². The molecule has 0 aliphatic carbocycles. The second kappa shape index (κ2) is 9.22. The van der Waals surface area contributed by atoms with Crippen molar-refractivity contribution in [2.45, 2.75) is 39.5 Å². The van der Waals surface area contributed by atoms with Gasteiger partial charge in [-0.15, -0.1) is 0 Å². The molecular formula is C11H17NO3. The van der Waals surface area contributed by atoms with Crippen LogP contribution in [-0.2, 0) is 14.6 Å². The van der Waals surface area contributed by atoms with Crippen molar-refractivity contribution in [3.63, 3.8) is 0 Å². The minimum absolute atomic E-state index is 0.00649. The van der Waals surface area contributed by atoms with Crippen molar-refractivity contribution < 1.29 is 14.6 Å². The van der Waals surface area contributed by atoms with Gasteiger partial charge in [-0.25, -0.2) is 4.79 Å². The van der Waals surface area contributed by atoms with Crippen LogP contribution in [0, 0.1) is 11.3 Å². The summed E-state index contributed by atoms with van der Waals surface area (Å²) in [5, 5.41) is 8.59. The first-order valence-electron chi connectivity index (χ1n) is 5.20. The highest BCUT2D eigenvalue weighted by molar-refractivity contribution is 5.92. The van der Waals surface area contributed by atoms with E-state index in [1.165, 1.54) is 6.08 Å². The molecule has 0 aromatic carbocycles. The smallest absolute Gasteiger partial charge is 0.292 e. The number of hydrogen-bond donors (Lipinski definition) is 0. The van der Waals surface area contributed by atoms with Crippen LogP contribution in [0.15, 0.2) is 11.6 Å². The first-order chi connectivity index (χ1) is 7.26. The fraction of sp³-hybridized carbons (Fsp3) is 0.636. The SMILES string of the molecule is CCC=C(C#N)C(=O)OOCCCCC. The van der Waals surface area contributed by atoms with Crippen molar-refractivity contribution in [1.29, 1.82) is 5.26 Å². The van der Waals surface area contributed by atoms with Crippen molar-refractivity contribution >= 4 is 5.97 Å². The zero-order valence-electron chi connectivity index (χ0n) is 9.28. The van der Waals surface area contributed by atoms with Crippen molar-refractivity contribution in [2.75, 3.05) is 6.61 Å². The molecular weight excluding hydrogens is 194 g/mol. The summed E-state index contributed by atoms with van der Waals surface area (Å²) < 4.78 is 0. The second-order valence-corrected chi connectivity index (χ2v) is 3.04. The van der Waals surface area contributed by atoms with E-state index in [9.17, 15) is 4.79 Å². The lowest BCUT2D eigenvalue weighted by Crippen LogP contribution is -2.08. The van der Waals surface area contributed by atoms with Gasteiger partial charge in [-0.1, -0.05) is 32.8 Å². The Kier molecular flexibility index (Phi) is 8.40. The highest BCUT2D eigenvalue weighted by atomic mass is 17.2. The third kappa shape index (κ3) is 6.69. The Hall–Kier alpha value is -1.34. The molecule has 0 N–H and O–H groups in total. The van der Waals surface area contributed by atoms with Crippen LogP contribution in [0.3, 0.4) is 0 Å². The Morgan fingerprint density at radius 2 is 2.13 bits per heavy atom. The average Bonchev–Trinajstić information content (AvgIpc) is 2.25. The molecule has 0 spiro atoms. The summed E-state index contributed by atoms with van der Waals surface area (Å²) in [6.07, 6.45) is 5.10. The van der Waals surface area contributed by atoms with Gasteiger partial charge < -0.3 is 0 Å². The van der Waals surface area contributed by atoms with Gasteiger partial charge in [0.2, 0.25) is 0 Å². The quantitative estimate of drug-likeness (QED) is 0.213. The highest BCUT2D eigenvalue weighted by Crippen LogP contribution is 2.00. The maximum Gasteiger partial charge on any atom is 0.383 e. The standard InChI is InChI=1S/C11H17NO3/c1-3-5-6-8-14-15-11(13)10(9-12)7-4-2/h7H,3-6,8H2,1-2H3. The van der Waals surface area contributed by atoms with Crippen molar-refractivity contribution in [2.24, 2.45) is 0 Å². The Bertz CT molecular complexity index is 253. The molecule has 0 saturated heterocycles. The van der Waals surface area contributed by atoms with E-state index in [1.54, 1.807) is 6.07 Å². The molecule has 0 aliphatic heterocycles. The molecule has 0 atom stereocenters. The summed E-state index contributed by atoms with van der Waals surface area (Å²) in [7, 11) is 0. The molecule has 4 nitrogen and oxygen atoms in total. The molecule has 0 rings (SSSR count). The van der Waals surface area contributed by atoms with E-state index < -0.39 is 5.97 Å². The summed E-state index contributed by atoms with van der Waals surface area (Å²) >= 11 is 0. The third-order valence-electron chi connectivity index (χ3n) is 1.71. The zero-order valence-corrected chi connectivity index (χ0v) is 9.28. The zero-order chi connectivity index (χ0) is 11.5. The van der Waals surface area contributed by atoms with Crippen LogP contribution in [0.5, 0.6) is 0 Å². The van der Waals surface area contributed by atoms with E-state index in [0.29, 0.717) is 13.0 Å². The molecule has 0 unspecified atom stereocenters. The van der Waals surface area contributed by atoms with Gasteiger partial charge in [0.25, 0.3) is 0 Å². The van der Waals surface area contributed by atoms with E-state index in [1.807, 2.05) is 6.92 Å². The van der Waals surface area contributed by atoms with Crippen molar-refractivity contribution in [3.05, 3.63) is 11.6 Å². The van der Waals surface area contributed by atoms with Gasteiger partial charge in [-0.3, -0.25) is 4.89 Å². The second-order valence-electron chi connectivity index (χ2n) is 3.04. The highest BCUT2D eigenvalue weighted by Gasteiger charge is 2.10. The van der Waals surface area contributed by atoms with Crippen molar-refractivity contribution in [3.8, 4) is 6.07 Å². The molecule has 0 bridgehead atoms. The number of allylic oxidation sites excluding steroid dienone is 1. The van der Waals surface area contributed by atoms with Crippen LogP contribution < -0.4 is 0 Å². The Balaban J connectivity index is 3.74. The number of carbonyl (C=O) groups is 1. The molecule has 84 valence electrons. The molecule has 0 aromatic heterocycles. The predicted molar refractivity (Wildman–Crippen MR) is 55.6 cm³/mol. The molecule has 0 amide bonds. The minimum Gasteiger partial charge on any atom is -0.292 e. The number of rotatable bonds is 7. The number of hydrogen-bond acceptors (Lipinski definition) is 4. The lowest BCUT2D eigenvalue weighted by Gasteiger charge is -2.01. The molecule has 0 fully saturated rings. The van der Waals surface area contributed by atoms with Crippen LogP contribution in [0.4, 0.5) is 0 Å². The summed E-state index contributed by atoms with van der Waals surface area (Å²) in [6, 6.07) is 1.76. The van der Waals surface area contributed by atoms with Gasteiger partial charge >= 0.3 is 5.97 Å². The largest absolute Gasteiger partial charge is 0.383 e. The van der Waals surface area contributed by atoms with Crippen LogP contribution in [0.25, 0.3) is 0 Å². The minimum atomic E-state index is -0.712. The average molecular weight is 211 g/mol. The van der Waals surface area contributed by atoms with Gasteiger partial charge in [-0.2, -0.15) is 10.1 Å². The number of carbonyl (C=O) groups excluding carboxylic acids is 1. The van der Waals surface area contributed by atoms with Gasteiger partial charge in [-0.05, 0) is 12.8 Å². The number of nitriles is 1. The van der Waals surface area contributed by atoms with E-state index in [4.69, 9.17) is 5.26 Å². The lowest BCUT2D eigenvalue weighted by atomic mass is 10.2. The lowest BCUT2D eigenvalue weighted by molar-refractivity contribution is -0.268. The van der Waals surface area contributed by atoms with Crippen LogP contribution in [-0.4, -0.2) is 12.6 Å². The van der Waals surface area contributed by atoms with E-state index in [2.05, 4.69) is 16.7 Å². The molecule has 15 heavy (non-hydrogen) atoms. The fourth-order valence-electron chi connectivity index (χ4n) is 0.930. The summed E-state index contributed by atoms with van der Waals surface area (Å²) in [5.41, 5.74) is -0.00649. The Labute approximate surface area is 90.4 Å². The van der Waals surface area contributed by atoms with Crippen LogP contribution in [0.2, 0.25) is 0 Å². The Morgan fingerprint density at radius 3 is 2.67 bits per heavy atom. The monoisotopic (exact) mass is 211 g/mol.